The average Bonchev–Trinajstić information content (AvgIpc) is 2.98. The first-order valence-corrected chi connectivity index (χ1v) is 15.7. The number of para-hydroxylation sites is 1. The molecule has 0 unspecified atom stereocenters. The van der Waals surface area contributed by atoms with E-state index in [1.807, 2.05) is 30.3 Å². The molecule has 0 spiro atoms. The van der Waals surface area contributed by atoms with E-state index in [4.69, 9.17) is 0 Å². The Hall–Kier alpha value is -4.19. The van der Waals surface area contributed by atoms with Crippen LogP contribution in [0.4, 0.5) is 24.5 Å². The smallest absolute Gasteiger partial charge is 0.390 e. The van der Waals surface area contributed by atoms with Gasteiger partial charge < -0.3 is 15.7 Å². The number of hydrogen-bond acceptors (Lipinski definition) is 5. The zero-order valence-corrected chi connectivity index (χ0v) is 25.1. The largest absolute Gasteiger partial charge is 0.416 e. The highest BCUT2D eigenvalue weighted by Crippen LogP contribution is 2.33. The van der Waals surface area contributed by atoms with E-state index >= 15 is 0 Å². The summed E-state index contributed by atoms with van der Waals surface area (Å²) in [6, 6.07) is 26.7. The molecule has 1 amide bonds. The van der Waals surface area contributed by atoms with Crippen LogP contribution in [0.2, 0.25) is 0 Å². The number of hydrogen-bond donors (Lipinski definition) is 3. The van der Waals surface area contributed by atoms with Crippen molar-refractivity contribution < 1.29 is 31.5 Å². The van der Waals surface area contributed by atoms with Gasteiger partial charge in [-0.25, -0.2) is 12.7 Å². The zero-order chi connectivity index (χ0) is 31.9. The van der Waals surface area contributed by atoms with Gasteiger partial charge in [-0.2, -0.15) is 13.2 Å². The monoisotopic (exact) mass is 625 g/mol. The summed E-state index contributed by atoms with van der Waals surface area (Å²) in [5.74, 6) is -0.510. The molecule has 0 aliphatic carbocycles. The molecule has 7 nitrogen and oxygen atoms in total. The molecule has 0 aliphatic heterocycles. The quantitative estimate of drug-likeness (QED) is 0.190. The Morgan fingerprint density at radius 3 is 2.14 bits per heavy atom. The predicted octanol–water partition coefficient (Wildman–Crippen LogP) is 5.60. The van der Waals surface area contributed by atoms with Crippen molar-refractivity contribution in [2.75, 3.05) is 17.1 Å². The fraction of sp³-hybridized carbons (Fsp3) is 0.242. The third-order valence-corrected chi connectivity index (χ3v) is 8.18. The number of sulfonamides is 1. The molecule has 0 aliphatic rings. The lowest BCUT2D eigenvalue weighted by molar-refractivity contribution is -0.137. The zero-order valence-electron chi connectivity index (χ0n) is 24.3. The minimum absolute atomic E-state index is 0.0110. The van der Waals surface area contributed by atoms with Gasteiger partial charge in [-0.05, 0) is 60.4 Å². The molecule has 4 aromatic rings. The second kappa shape index (κ2) is 14.1. The van der Waals surface area contributed by atoms with Gasteiger partial charge in [-0.15, -0.1) is 0 Å². The molecule has 11 heteroatoms. The van der Waals surface area contributed by atoms with E-state index in [0.29, 0.717) is 22.5 Å². The number of nitrogens with zero attached hydrogens (tertiary/aromatic N) is 1. The van der Waals surface area contributed by atoms with E-state index in [1.165, 1.54) is 10.4 Å². The number of aliphatic hydroxyl groups excluding tert-OH is 1. The van der Waals surface area contributed by atoms with Gasteiger partial charge in [0.1, 0.15) is 0 Å². The summed E-state index contributed by atoms with van der Waals surface area (Å²) >= 11 is 0. The molecule has 0 saturated carbocycles. The van der Waals surface area contributed by atoms with Crippen molar-refractivity contribution in [1.82, 2.24) is 10.6 Å². The Morgan fingerprint density at radius 1 is 0.886 bits per heavy atom. The Kier molecular flexibility index (Phi) is 10.5. The number of nitrogens with one attached hydrogen (secondary N) is 2. The van der Waals surface area contributed by atoms with Gasteiger partial charge in [0.25, 0.3) is 5.91 Å². The molecule has 2 atom stereocenters. The van der Waals surface area contributed by atoms with E-state index in [9.17, 15) is 31.5 Å². The second-order valence-corrected chi connectivity index (χ2v) is 12.3. The third kappa shape index (κ3) is 8.46. The van der Waals surface area contributed by atoms with Crippen LogP contribution < -0.4 is 14.9 Å². The number of amides is 1. The number of alkyl halides is 3. The number of rotatable bonds is 12. The van der Waals surface area contributed by atoms with Crippen molar-refractivity contribution in [2.45, 2.75) is 38.2 Å². The number of aliphatic hydroxyl groups is 1. The van der Waals surface area contributed by atoms with Gasteiger partial charge in [0.2, 0.25) is 10.0 Å². The predicted molar refractivity (Wildman–Crippen MR) is 165 cm³/mol. The summed E-state index contributed by atoms with van der Waals surface area (Å²) in [6.45, 7) is 1.72. The van der Waals surface area contributed by atoms with Crippen LogP contribution in [-0.4, -0.2) is 44.4 Å². The molecule has 0 saturated heterocycles. The molecule has 0 fully saturated rings. The van der Waals surface area contributed by atoms with Crippen LogP contribution in [-0.2, 0) is 29.2 Å². The maximum Gasteiger partial charge on any atom is 0.416 e. The van der Waals surface area contributed by atoms with Gasteiger partial charge in [0.15, 0.2) is 0 Å². The summed E-state index contributed by atoms with van der Waals surface area (Å²) in [7, 11) is -3.77. The van der Waals surface area contributed by atoms with Crippen molar-refractivity contribution >= 4 is 27.3 Å². The summed E-state index contributed by atoms with van der Waals surface area (Å²) in [6.07, 6.45) is -4.21. The fourth-order valence-corrected chi connectivity index (χ4v) is 5.98. The average molecular weight is 626 g/mol. The number of anilines is 2. The lowest BCUT2D eigenvalue weighted by Gasteiger charge is -2.27. The first kappa shape index (κ1) is 32.7. The van der Waals surface area contributed by atoms with Crippen LogP contribution in [0.25, 0.3) is 0 Å². The summed E-state index contributed by atoms with van der Waals surface area (Å²) in [5, 5.41) is 17.0. The Morgan fingerprint density at radius 2 is 1.50 bits per heavy atom. The Balaban J connectivity index is 1.55. The molecule has 232 valence electrons. The molecule has 0 bridgehead atoms. The van der Waals surface area contributed by atoms with E-state index in [1.54, 1.807) is 61.5 Å². The molecule has 3 N–H and O–H groups in total. The van der Waals surface area contributed by atoms with Crippen molar-refractivity contribution in [3.8, 4) is 0 Å². The van der Waals surface area contributed by atoms with E-state index in [-0.39, 0.29) is 25.1 Å². The van der Waals surface area contributed by atoms with Crippen LogP contribution in [0.15, 0.2) is 103 Å². The van der Waals surface area contributed by atoms with Crippen molar-refractivity contribution in [1.29, 1.82) is 0 Å². The Labute approximate surface area is 255 Å². The van der Waals surface area contributed by atoms with Crippen LogP contribution in [0.3, 0.4) is 0 Å². The first-order chi connectivity index (χ1) is 20.8. The van der Waals surface area contributed by atoms with Crippen molar-refractivity contribution in [3.63, 3.8) is 0 Å². The lowest BCUT2D eigenvalue weighted by atomic mass is 9.99. The summed E-state index contributed by atoms with van der Waals surface area (Å²) < 4.78 is 66.2. The van der Waals surface area contributed by atoms with E-state index in [2.05, 4.69) is 10.6 Å². The van der Waals surface area contributed by atoms with Crippen LogP contribution in [0, 0.1) is 6.92 Å². The highest BCUT2D eigenvalue weighted by atomic mass is 32.2. The normalized spacial score (nSPS) is 13.2. The van der Waals surface area contributed by atoms with Gasteiger partial charge in [-0.3, -0.25) is 4.79 Å². The van der Waals surface area contributed by atoms with Gasteiger partial charge in [-0.1, -0.05) is 72.8 Å². The van der Waals surface area contributed by atoms with E-state index < -0.39 is 39.8 Å². The molecule has 0 radical (unpaired) electrons. The number of benzene rings is 4. The second-order valence-electron chi connectivity index (χ2n) is 10.5. The fourth-order valence-electron chi connectivity index (χ4n) is 4.92. The molecule has 4 aromatic carbocycles. The number of carbonyl (C=O) groups is 1. The summed E-state index contributed by atoms with van der Waals surface area (Å²) in [4.78, 5) is 13.6. The van der Waals surface area contributed by atoms with Crippen LogP contribution >= 0.6 is 0 Å². The molecular weight excluding hydrogens is 591 g/mol. The van der Waals surface area contributed by atoms with Gasteiger partial charge in [0, 0.05) is 18.7 Å². The third-order valence-electron chi connectivity index (χ3n) is 7.11. The first-order valence-electron chi connectivity index (χ1n) is 13.9. The van der Waals surface area contributed by atoms with Crippen LogP contribution in [0.1, 0.15) is 32.6 Å². The summed E-state index contributed by atoms with van der Waals surface area (Å²) in [5.41, 5.74) is 1.88. The SMILES string of the molecule is Cc1c(C(=O)N[C@@H](Cc2ccccc2)[C@H](O)CNCc2cccc(C(F)(F)F)c2)cccc1N(c1ccccc1)S(C)(=O)=O. The van der Waals surface area contributed by atoms with Gasteiger partial charge >= 0.3 is 6.18 Å². The highest BCUT2D eigenvalue weighted by Gasteiger charge is 2.30. The molecule has 4 rings (SSSR count). The minimum atomic E-state index is -4.46. The number of halogens is 3. The maximum absolute atomic E-state index is 13.6. The molecule has 0 aromatic heterocycles. The van der Waals surface area contributed by atoms with Crippen molar-refractivity contribution in [2.24, 2.45) is 0 Å². The van der Waals surface area contributed by atoms with Gasteiger partial charge in [0.05, 0.1) is 35.3 Å². The topological polar surface area (TPSA) is 98.7 Å². The lowest BCUT2D eigenvalue weighted by Crippen LogP contribution is -2.48. The molecular formula is C33H34F3N3O4S. The molecule has 44 heavy (non-hydrogen) atoms. The standard InChI is InChI=1S/C33H34F3N3O4S/c1-23-28(17-10-18-30(23)39(44(2,42)43)27-15-7-4-8-16-27)32(41)38-29(20-24-11-5-3-6-12-24)31(40)22-37-21-25-13-9-14-26(19-25)33(34,35)36/h3-19,29,31,37,40H,20-22H2,1-2H3,(H,38,41)/t29-,31+/m0/s1. The maximum atomic E-state index is 13.6. The van der Waals surface area contributed by atoms with E-state index in [0.717, 1.165) is 24.0 Å². The molecule has 0 heterocycles. The Bertz CT molecular complexity index is 1670. The number of carbonyl (C=O) groups excluding carboxylic acids is 1. The minimum Gasteiger partial charge on any atom is -0.390 e. The van der Waals surface area contributed by atoms with Crippen LogP contribution in [0.5, 0.6) is 0 Å². The van der Waals surface area contributed by atoms with Crippen molar-refractivity contribution in [3.05, 3.63) is 131 Å². The highest BCUT2D eigenvalue weighted by molar-refractivity contribution is 7.92.